The highest BCUT2D eigenvalue weighted by molar-refractivity contribution is 6.42. The lowest BCUT2D eigenvalue weighted by Gasteiger charge is -2.21. The molecule has 0 spiro atoms. The number of aromatic nitrogens is 4. The molecule has 0 fully saturated rings. The van der Waals surface area contributed by atoms with Gasteiger partial charge in [-0.1, -0.05) is 29.3 Å². The average molecular weight is 336 g/mol. The van der Waals surface area contributed by atoms with Crippen LogP contribution in [0.4, 0.5) is 5.95 Å². The summed E-state index contributed by atoms with van der Waals surface area (Å²) in [5, 5.41) is 4.31. The van der Waals surface area contributed by atoms with Crippen LogP contribution in [0.5, 0.6) is 0 Å². The highest BCUT2D eigenvalue weighted by Crippen LogP contribution is 2.32. The van der Waals surface area contributed by atoms with Gasteiger partial charge in [-0.25, -0.2) is 9.97 Å². The van der Waals surface area contributed by atoms with Gasteiger partial charge in [0.1, 0.15) is 6.04 Å². The molecule has 3 aromatic rings. The highest BCUT2D eigenvalue weighted by atomic mass is 35.5. The van der Waals surface area contributed by atoms with Gasteiger partial charge in [0, 0.05) is 18.9 Å². The van der Waals surface area contributed by atoms with Crippen molar-refractivity contribution in [2.45, 2.75) is 13.0 Å². The van der Waals surface area contributed by atoms with Crippen LogP contribution in [0.15, 0.2) is 43.1 Å². The molecule has 0 aliphatic heterocycles. The summed E-state index contributed by atoms with van der Waals surface area (Å²) < 4.78 is 2.04. The smallest absolute Gasteiger partial charge is 0.203 e. The van der Waals surface area contributed by atoms with Crippen molar-refractivity contribution in [3.63, 3.8) is 0 Å². The van der Waals surface area contributed by atoms with Crippen molar-refractivity contribution in [2.24, 2.45) is 0 Å². The number of anilines is 1. The van der Waals surface area contributed by atoms with Crippen LogP contribution in [0.3, 0.4) is 0 Å². The van der Waals surface area contributed by atoms with E-state index in [1.807, 2.05) is 29.8 Å². The molecule has 2 heterocycles. The molecule has 1 atom stereocenters. The second-order valence-electron chi connectivity index (χ2n) is 4.77. The summed E-state index contributed by atoms with van der Waals surface area (Å²) in [6, 6.07) is 5.50. The molecule has 3 rings (SSSR count). The number of aromatic amines is 1. The Hall–Kier alpha value is -1.98. The predicted molar refractivity (Wildman–Crippen MR) is 88.7 cm³/mol. The van der Waals surface area contributed by atoms with Crippen LogP contribution in [-0.4, -0.2) is 26.1 Å². The maximum atomic E-state index is 6.18. The molecule has 0 aliphatic rings. The Morgan fingerprint density at radius 3 is 2.86 bits per heavy atom. The van der Waals surface area contributed by atoms with Crippen LogP contribution in [0.25, 0.3) is 0 Å². The monoisotopic (exact) mass is 335 g/mol. The van der Waals surface area contributed by atoms with E-state index in [1.165, 1.54) is 0 Å². The second kappa shape index (κ2) is 6.42. The first-order valence-corrected chi connectivity index (χ1v) is 7.66. The predicted octanol–water partition coefficient (Wildman–Crippen LogP) is 3.98. The fourth-order valence-electron chi connectivity index (χ4n) is 2.41. The Morgan fingerprint density at radius 1 is 1.32 bits per heavy atom. The summed E-state index contributed by atoms with van der Waals surface area (Å²) in [6.07, 6.45) is 7.14. The Bertz CT molecular complexity index is 751. The van der Waals surface area contributed by atoms with Gasteiger partial charge < -0.3 is 14.9 Å². The van der Waals surface area contributed by atoms with E-state index in [2.05, 4.69) is 20.3 Å². The van der Waals surface area contributed by atoms with Crippen molar-refractivity contribution in [3.8, 4) is 0 Å². The molecule has 1 aromatic carbocycles. The summed E-state index contributed by atoms with van der Waals surface area (Å²) in [7, 11) is 0. The van der Waals surface area contributed by atoms with Crippen LogP contribution < -0.4 is 5.32 Å². The van der Waals surface area contributed by atoms with Gasteiger partial charge in [-0.3, -0.25) is 0 Å². The summed E-state index contributed by atoms with van der Waals surface area (Å²) in [6.45, 7) is 2.82. The lowest BCUT2D eigenvalue weighted by molar-refractivity contribution is 0.666. The van der Waals surface area contributed by atoms with Crippen LogP contribution in [0.2, 0.25) is 10.0 Å². The van der Waals surface area contributed by atoms with Crippen molar-refractivity contribution < 1.29 is 0 Å². The molecular formula is C15H15Cl2N5. The van der Waals surface area contributed by atoms with Crippen LogP contribution >= 0.6 is 23.2 Å². The second-order valence-corrected chi connectivity index (χ2v) is 5.59. The molecule has 1 unspecified atom stereocenters. The van der Waals surface area contributed by atoms with Gasteiger partial charge in [-0.05, 0) is 24.6 Å². The fraction of sp³-hybridized carbons (Fsp3) is 0.200. The number of hydrogen-bond acceptors (Lipinski definition) is 3. The molecule has 0 saturated carbocycles. The number of hydrogen-bond donors (Lipinski definition) is 2. The van der Waals surface area contributed by atoms with E-state index in [0.29, 0.717) is 10.0 Å². The fourth-order valence-corrected chi connectivity index (χ4v) is 2.71. The van der Waals surface area contributed by atoms with E-state index in [9.17, 15) is 0 Å². The molecule has 5 nitrogen and oxygen atoms in total. The van der Waals surface area contributed by atoms with Crippen LogP contribution in [-0.2, 0) is 0 Å². The van der Waals surface area contributed by atoms with E-state index < -0.39 is 0 Å². The first-order chi connectivity index (χ1) is 10.7. The van der Waals surface area contributed by atoms with Gasteiger partial charge in [0.15, 0.2) is 0 Å². The Morgan fingerprint density at radius 2 is 2.18 bits per heavy atom. The first-order valence-electron chi connectivity index (χ1n) is 6.90. The lowest BCUT2D eigenvalue weighted by Crippen LogP contribution is -2.15. The summed E-state index contributed by atoms with van der Waals surface area (Å²) in [5.74, 6) is 0.785. The van der Waals surface area contributed by atoms with Crippen molar-refractivity contribution in [1.82, 2.24) is 19.5 Å². The van der Waals surface area contributed by atoms with Gasteiger partial charge in [-0.15, -0.1) is 0 Å². The van der Waals surface area contributed by atoms with Gasteiger partial charge in [0.05, 0.1) is 28.3 Å². The maximum absolute atomic E-state index is 6.18. The number of H-pyrrole nitrogens is 1. The van der Waals surface area contributed by atoms with Crippen molar-refractivity contribution in [2.75, 3.05) is 11.9 Å². The molecular weight excluding hydrogens is 321 g/mol. The normalized spacial score (nSPS) is 12.3. The van der Waals surface area contributed by atoms with Gasteiger partial charge in [-0.2, -0.15) is 0 Å². The average Bonchev–Trinajstić information content (AvgIpc) is 3.17. The minimum Gasteiger partial charge on any atom is -0.356 e. The quantitative estimate of drug-likeness (QED) is 0.741. The van der Waals surface area contributed by atoms with Crippen LogP contribution in [0, 0.1) is 0 Å². The SMILES string of the molecule is CCNc1nccn1C(c1ccc(Cl)c(Cl)c1)c1cnc[nH]1. The summed E-state index contributed by atoms with van der Waals surface area (Å²) in [4.78, 5) is 11.6. The van der Waals surface area contributed by atoms with E-state index in [4.69, 9.17) is 23.2 Å². The molecule has 0 saturated heterocycles. The minimum atomic E-state index is -0.117. The number of nitrogens with one attached hydrogen (secondary N) is 2. The Balaban J connectivity index is 2.12. The van der Waals surface area contributed by atoms with Crippen molar-refractivity contribution in [1.29, 1.82) is 0 Å². The van der Waals surface area contributed by atoms with Gasteiger partial charge >= 0.3 is 0 Å². The Labute approximate surface area is 138 Å². The molecule has 0 bridgehead atoms. The Kier molecular flexibility index (Phi) is 4.36. The first kappa shape index (κ1) is 14.9. The van der Waals surface area contributed by atoms with Gasteiger partial charge in [0.25, 0.3) is 0 Å². The zero-order chi connectivity index (χ0) is 15.5. The third-order valence-electron chi connectivity index (χ3n) is 3.36. The molecule has 2 aromatic heterocycles. The zero-order valence-corrected chi connectivity index (χ0v) is 13.4. The van der Waals surface area contributed by atoms with Gasteiger partial charge in [0.2, 0.25) is 5.95 Å². The molecule has 7 heteroatoms. The molecule has 0 aliphatic carbocycles. The number of imidazole rings is 2. The standard InChI is InChI=1S/C15H15Cl2N5/c1-2-19-15-20-5-6-22(15)14(13-8-18-9-21-13)10-3-4-11(16)12(17)7-10/h3-9,14H,2H2,1H3,(H,18,21)(H,19,20). The summed E-state index contributed by atoms with van der Waals surface area (Å²) in [5.41, 5.74) is 1.94. The number of benzene rings is 1. The molecule has 22 heavy (non-hydrogen) atoms. The molecule has 0 amide bonds. The molecule has 0 radical (unpaired) electrons. The number of nitrogens with zero attached hydrogens (tertiary/aromatic N) is 3. The topological polar surface area (TPSA) is 58.5 Å². The van der Waals surface area contributed by atoms with Crippen molar-refractivity contribution >= 4 is 29.2 Å². The third kappa shape index (κ3) is 2.82. The third-order valence-corrected chi connectivity index (χ3v) is 4.09. The van der Waals surface area contributed by atoms with E-state index in [0.717, 1.165) is 23.8 Å². The molecule has 114 valence electrons. The lowest BCUT2D eigenvalue weighted by atomic mass is 10.0. The summed E-state index contributed by atoms with van der Waals surface area (Å²) >= 11 is 12.2. The number of halogens is 2. The van der Waals surface area contributed by atoms with Crippen molar-refractivity contribution in [3.05, 3.63) is 64.4 Å². The van der Waals surface area contributed by atoms with Crippen LogP contribution in [0.1, 0.15) is 24.2 Å². The zero-order valence-electron chi connectivity index (χ0n) is 11.9. The molecule has 2 N–H and O–H groups in total. The van der Waals surface area contributed by atoms with E-state index in [1.54, 1.807) is 24.8 Å². The maximum Gasteiger partial charge on any atom is 0.203 e. The minimum absolute atomic E-state index is 0.117. The largest absolute Gasteiger partial charge is 0.356 e. The number of rotatable bonds is 5. The highest BCUT2D eigenvalue weighted by Gasteiger charge is 2.21. The van der Waals surface area contributed by atoms with E-state index >= 15 is 0 Å². The van der Waals surface area contributed by atoms with E-state index in [-0.39, 0.29) is 6.04 Å².